The van der Waals surface area contributed by atoms with Crippen LogP contribution in [0.1, 0.15) is 40.0 Å². The van der Waals surface area contributed by atoms with Gasteiger partial charge in [0.15, 0.2) is 0 Å². The highest BCUT2D eigenvalue weighted by Crippen LogP contribution is 2.28. The topological polar surface area (TPSA) is 46.6 Å². The number of rotatable bonds is 6. The van der Waals surface area contributed by atoms with Crippen molar-refractivity contribution >= 4 is 11.8 Å². The van der Waals surface area contributed by atoms with Crippen LogP contribution in [-0.2, 0) is 14.3 Å². The molecule has 17 heavy (non-hydrogen) atoms. The molecule has 98 valence electrons. The molecule has 4 nitrogen and oxygen atoms in total. The number of likely N-dealkylation sites (tertiary alicyclic amines) is 1. The van der Waals surface area contributed by atoms with Crippen molar-refractivity contribution in [1.29, 1.82) is 0 Å². The van der Waals surface area contributed by atoms with Crippen LogP contribution in [0, 0.1) is 5.41 Å². The van der Waals surface area contributed by atoms with Gasteiger partial charge in [0.2, 0.25) is 0 Å². The number of hydrogen-bond donors (Lipinski definition) is 0. The zero-order valence-electron chi connectivity index (χ0n) is 11.1. The molecule has 0 aromatic heterocycles. The second-order valence-corrected chi connectivity index (χ2v) is 5.47. The molecule has 0 radical (unpaired) electrons. The lowest BCUT2D eigenvalue weighted by molar-refractivity contribution is -0.144. The van der Waals surface area contributed by atoms with Crippen molar-refractivity contribution in [2.45, 2.75) is 40.0 Å². The monoisotopic (exact) mass is 241 g/mol. The van der Waals surface area contributed by atoms with E-state index in [0.29, 0.717) is 25.0 Å². The number of carbonyl (C=O) groups excluding carboxylic acids is 2. The zero-order chi connectivity index (χ0) is 12.9. The number of carbonyl (C=O) groups is 2. The largest absolute Gasteiger partial charge is 0.466 e. The highest BCUT2D eigenvalue weighted by Gasteiger charge is 2.29. The molecule has 1 heterocycles. The molecule has 1 rings (SSSR count). The molecule has 1 saturated heterocycles. The smallest absolute Gasteiger partial charge is 0.306 e. The van der Waals surface area contributed by atoms with E-state index in [1.54, 1.807) is 6.92 Å². The van der Waals surface area contributed by atoms with Crippen molar-refractivity contribution in [3.05, 3.63) is 0 Å². The van der Waals surface area contributed by atoms with Crippen LogP contribution >= 0.6 is 0 Å². The fourth-order valence-corrected chi connectivity index (χ4v) is 2.16. The molecule has 1 aliphatic heterocycles. The molecule has 1 aliphatic rings. The first kappa shape index (κ1) is 14.2. The van der Waals surface area contributed by atoms with E-state index in [2.05, 4.69) is 18.7 Å². The summed E-state index contributed by atoms with van der Waals surface area (Å²) in [4.78, 5) is 24.9. The Balaban J connectivity index is 2.20. The molecular formula is C13H23NO3. The lowest BCUT2D eigenvalue weighted by atomic mass is 9.93. The average Bonchev–Trinajstić information content (AvgIpc) is 2.55. The summed E-state index contributed by atoms with van der Waals surface area (Å²) in [6, 6.07) is 0. The van der Waals surface area contributed by atoms with Crippen LogP contribution in [0.15, 0.2) is 0 Å². The molecule has 1 fully saturated rings. The summed E-state index contributed by atoms with van der Waals surface area (Å²) >= 11 is 0. The molecule has 0 saturated carbocycles. The maximum atomic E-state index is 11.7. The van der Waals surface area contributed by atoms with Crippen LogP contribution in [0.3, 0.4) is 0 Å². The van der Waals surface area contributed by atoms with Gasteiger partial charge in [0.1, 0.15) is 5.78 Å². The molecule has 4 heteroatoms. The van der Waals surface area contributed by atoms with Gasteiger partial charge in [-0.25, -0.2) is 0 Å². The first-order valence-electron chi connectivity index (χ1n) is 6.32. The van der Waals surface area contributed by atoms with Gasteiger partial charge in [-0.05, 0) is 25.3 Å². The first-order chi connectivity index (χ1) is 7.93. The summed E-state index contributed by atoms with van der Waals surface area (Å²) in [5.74, 6) is -0.140. The zero-order valence-corrected chi connectivity index (χ0v) is 11.1. The standard InChI is InChI=1S/C13H23NO3/c1-4-17-12(16)6-5-11(15)9-14-8-7-13(2,3)10-14/h4-10H2,1-3H3. The molecule has 0 aromatic carbocycles. The van der Waals surface area contributed by atoms with Gasteiger partial charge in [-0.2, -0.15) is 0 Å². The van der Waals surface area contributed by atoms with Crippen molar-refractivity contribution in [2.75, 3.05) is 26.2 Å². The minimum Gasteiger partial charge on any atom is -0.466 e. The fourth-order valence-electron chi connectivity index (χ4n) is 2.16. The molecule has 0 unspecified atom stereocenters. The highest BCUT2D eigenvalue weighted by molar-refractivity contribution is 5.84. The van der Waals surface area contributed by atoms with E-state index >= 15 is 0 Å². The molecule has 0 atom stereocenters. The van der Waals surface area contributed by atoms with Gasteiger partial charge >= 0.3 is 5.97 Å². The maximum absolute atomic E-state index is 11.7. The van der Waals surface area contributed by atoms with Crippen molar-refractivity contribution in [1.82, 2.24) is 4.90 Å². The van der Waals surface area contributed by atoms with Crippen LogP contribution in [0.25, 0.3) is 0 Å². The van der Waals surface area contributed by atoms with Crippen LogP contribution in [0.5, 0.6) is 0 Å². The van der Waals surface area contributed by atoms with E-state index in [1.165, 1.54) is 0 Å². The third-order valence-corrected chi connectivity index (χ3v) is 3.07. The third-order valence-electron chi connectivity index (χ3n) is 3.07. The predicted octanol–water partition coefficient (Wildman–Crippen LogP) is 1.63. The SMILES string of the molecule is CCOC(=O)CCC(=O)CN1CCC(C)(C)C1. The Bertz CT molecular complexity index is 286. The summed E-state index contributed by atoms with van der Waals surface area (Å²) in [5, 5.41) is 0. The Morgan fingerprint density at radius 1 is 1.29 bits per heavy atom. The Hall–Kier alpha value is -0.900. The number of hydrogen-bond acceptors (Lipinski definition) is 4. The molecule has 0 aliphatic carbocycles. The summed E-state index contributed by atoms with van der Waals surface area (Å²) in [5.41, 5.74) is 0.321. The third kappa shape index (κ3) is 5.31. The van der Waals surface area contributed by atoms with E-state index < -0.39 is 0 Å². The number of nitrogens with zero attached hydrogens (tertiary/aromatic N) is 1. The van der Waals surface area contributed by atoms with Crippen molar-refractivity contribution in [3.8, 4) is 0 Å². The summed E-state index contributed by atoms with van der Waals surface area (Å²) in [7, 11) is 0. The Kier molecular flexibility index (Phi) is 5.12. The van der Waals surface area contributed by atoms with Crippen LogP contribution in [0.4, 0.5) is 0 Å². The number of ketones is 1. The molecule has 0 N–H and O–H groups in total. The number of esters is 1. The van der Waals surface area contributed by atoms with E-state index in [-0.39, 0.29) is 18.2 Å². The van der Waals surface area contributed by atoms with Crippen molar-refractivity contribution in [3.63, 3.8) is 0 Å². The second kappa shape index (κ2) is 6.15. The lowest BCUT2D eigenvalue weighted by Crippen LogP contribution is -2.29. The number of Topliss-reactive ketones (excluding diaryl/α,β-unsaturated/α-hetero) is 1. The van der Waals surface area contributed by atoms with Crippen LogP contribution < -0.4 is 0 Å². The molecule has 0 spiro atoms. The predicted molar refractivity (Wildman–Crippen MR) is 65.7 cm³/mol. The average molecular weight is 241 g/mol. The van der Waals surface area contributed by atoms with Crippen molar-refractivity contribution in [2.24, 2.45) is 5.41 Å². The van der Waals surface area contributed by atoms with Crippen LogP contribution in [0.2, 0.25) is 0 Å². The van der Waals surface area contributed by atoms with Gasteiger partial charge in [-0.15, -0.1) is 0 Å². The molecule has 0 aromatic rings. The van der Waals surface area contributed by atoms with Gasteiger partial charge in [0.05, 0.1) is 19.6 Å². The second-order valence-electron chi connectivity index (χ2n) is 5.47. The quantitative estimate of drug-likeness (QED) is 0.663. The van der Waals surface area contributed by atoms with Gasteiger partial charge in [-0.3, -0.25) is 14.5 Å². The Morgan fingerprint density at radius 2 is 2.00 bits per heavy atom. The van der Waals surface area contributed by atoms with E-state index in [4.69, 9.17) is 4.74 Å². The summed E-state index contributed by atoms with van der Waals surface area (Å²) in [6.45, 7) is 9.02. The van der Waals surface area contributed by atoms with Gasteiger partial charge in [0, 0.05) is 13.0 Å². The summed E-state index contributed by atoms with van der Waals surface area (Å²) in [6.07, 6.45) is 1.65. The highest BCUT2D eigenvalue weighted by atomic mass is 16.5. The first-order valence-corrected chi connectivity index (χ1v) is 6.32. The minimum absolute atomic E-state index is 0.135. The number of ether oxygens (including phenoxy) is 1. The molecular weight excluding hydrogens is 218 g/mol. The lowest BCUT2D eigenvalue weighted by Gasteiger charge is -2.18. The van der Waals surface area contributed by atoms with Gasteiger partial charge < -0.3 is 4.74 Å². The minimum atomic E-state index is -0.275. The van der Waals surface area contributed by atoms with E-state index in [9.17, 15) is 9.59 Å². The Labute approximate surface area is 103 Å². The Morgan fingerprint density at radius 3 is 2.53 bits per heavy atom. The maximum Gasteiger partial charge on any atom is 0.306 e. The normalized spacial score (nSPS) is 19.2. The molecule has 0 amide bonds. The van der Waals surface area contributed by atoms with E-state index in [1.807, 2.05) is 0 Å². The summed E-state index contributed by atoms with van der Waals surface area (Å²) < 4.78 is 4.79. The van der Waals surface area contributed by atoms with Gasteiger partial charge in [0.25, 0.3) is 0 Å². The molecule has 0 bridgehead atoms. The van der Waals surface area contributed by atoms with Crippen LogP contribution in [-0.4, -0.2) is 42.9 Å². The fraction of sp³-hybridized carbons (Fsp3) is 0.846. The van der Waals surface area contributed by atoms with E-state index in [0.717, 1.165) is 19.5 Å². The van der Waals surface area contributed by atoms with Gasteiger partial charge in [-0.1, -0.05) is 13.8 Å². The van der Waals surface area contributed by atoms with Crippen molar-refractivity contribution < 1.29 is 14.3 Å².